The minimum Gasteiger partial charge on any atom is -0.490 e. The molecule has 0 atom stereocenters. The highest BCUT2D eigenvalue weighted by atomic mass is 35.5. The maximum atomic E-state index is 13.6. The van der Waals surface area contributed by atoms with Gasteiger partial charge in [-0.3, -0.25) is 0 Å². The monoisotopic (exact) mass is 521 g/mol. The van der Waals surface area contributed by atoms with E-state index in [0.717, 1.165) is 16.7 Å². The van der Waals surface area contributed by atoms with Gasteiger partial charge >= 0.3 is 0 Å². The van der Waals surface area contributed by atoms with Gasteiger partial charge in [-0.2, -0.15) is 5.26 Å². The third-order valence-electron chi connectivity index (χ3n) is 5.32. The van der Waals surface area contributed by atoms with Crippen LogP contribution in [0.3, 0.4) is 0 Å². The molecule has 0 aliphatic heterocycles. The van der Waals surface area contributed by atoms with Crippen LogP contribution < -0.4 is 9.47 Å². The Morgan fingerprint density at radius 3 is 2.69 bits per heavy atom. The topological polar surface area (TPSA) is 70.9 Å². The fraction of sp³-hybridized carbons (Fsp3) is 0.143. The first-order valence-electron chi connectivity index (χ1n) is 11.2. The van der Waals surface area contributed by atoms with E-state index in [0.29, 0.717) is 57.0 Å². The number of aromatic nitrogens is 2. The first-order chi connectivity index (χ1) is 17.4. The van der Waals surface area contributed by atoms with Crippen LogP contribution in [-0.4, -0.2) is 16.6 Å². The molecular formula is C28H22Cl2FN3O2. The number of aromatic amines is 1. The standard InChI is InChI=1S/C28H22Cl2FN3O2/c1-3-5-19-10-18(11-20(15-32)28-33-24-9-7-21(31)14-25(24)34-28)13-26(35-4-2)27(19)36-16-17-6-8-22(29)23(30)12-17/h3,6-14H,1,4-5,16H2,2H3,(H,33,34)/b20-11-. The van der Waals surface area contributed by atoms with Gasteiger partial charge in [-0.25, -0.2) is 9.37 Å². The summed E-state index contributed by atoms with van der Waals surface area (Å²) in [7, 11) is 0. The van der Waals surface area contributed by atoms with Gasteiger partial charge in [0.05, 0.1) is 33.3 Å². The largest absolute Gasteiger partial charge is 0.490 e. The second kappa shape index (κ2) is 11.3. The smallest absolute Gasteiger partial charge is 0.165 e. The molecule has 36 heavy (non-hydrogen) atoms. The molecule has 1 N–H and O–H groups in total. The Labute approximate surface area is 218 Å². The van der Waals surface area contributed by atoms with Crippen molar-refractivity contribution in [1.82, 2.24) is 9.97 Å². The van der Waals surface area contributed by atoms with Crippen LogP contribution in [0.5, 0.6) is 11.5 Å². The summed E-state index contributed by atoms with van der Waals surface area (Å²) in [4.78, 5) is 7.44. The lowest BCUT2D eigenvalue weighted by atomic mass is 10.0. The molecular weight excluding hydrogens is 500 g/mol. The normalized spacial score (nSPS) is 11.4. The van der Waals surface area contributed by atoms with Gasteiger partial charge in [0.15, 0.2) is 11.5 Å². The number of fused-ring (bicyclic) bond motifs is 1. The number of ether oxygens (including phenoxy) is 2. The van der Waals surface area contributed by atoms with Crippen molar-refractivity contribution in [2.75, 3.05) is 6.61 Å². The van der Waals surface area contributed by atoms with E-state index in [1.54, 1.807) is 36.4 Å². The third kappa shape index (κ3) is 5.71. The second-order valence-corrected chi connectivity index (χ2v) is 8.70. The maximum absolute atomic E-state index is 13.6. The molecule has 0 bridgehead atoms. The molecule has 1 heterocycles. The molecule has 182 valence electrons. The number of halogens is 3. The van der Waals surface area contributed by atoms with Gasteiger partial charge in [-0.1, -0.05) is 35.3 Å². The van der Waals surface area contributed by atoms with E-state index in [1.165, 1.54) is 12.1 Å². The summed E-state index contributed by atoms with van der Waals surface area (Å²) in [6.45, 7) is 6.42. The zero-order chi connectivity index (χ0) is 25.7. The van der Waals surface area contributed by atoms with Crippen LogP contribution in [0.2, 0.25) is 10.0 Å². The Morgan fingerprint density at radius 1 is 1.14 bits per heavy atom. The molecule has 0 unspecified atom stereocenters. The highest BCUT2D eigenvalue weighted by Gasteiger charge is 2.15. The summed E-state index contributed by atoms with van der Waals surface area (Å²) < 4.78 is 25.6. The van der Waals surface area contributed by atoms with Gasteiger partial charge in [0.2, 0.25) is 0 Å². The highest BCUT2D eigenvalue weighted by molar-refractivity contribution is 6.42. The van der Waals surface area contributed by atoms with E-state index in [1.807, 2.05) is 19.1 Å². The number of rotatable bonds is 9. The van der Waals surface area contributed by atoms with Crippen LogP contribution in [0.4, 0.5) is 4.39 Å². The quantitative estimate of drug-likeness (QED) is 0.180. The number of benzene rings is 3. The fourth-order valence-corrected chi connectivity index (χ4v) is 4.04. The van der Waals surface area contributed by atoms with Crippen molar-refractivity contribution in [3.8, 4) is 17.6 Å². The Kier molecular flexibility index (Phi) is 7.94. The summed E-state index contributed by atoms with van der Waals surface area (Å²) >= 11 is 12.2. The van der Waals surface area contributed by atoms with E-state index in [4.69, 9.17) is 32.7 Å². The molecule has 0 fully saturated rings. The number of nitriles is 1. The molecule has 1 aromatic heterocycles. The van der Waals surface area contributed by atoms with Crippen LogP contribution in [0.1, 0.15) is 29.4 Å². The van der Waals surface area contributed by atoms with Gasteiger partial charge in [0.1, 0.15) is 24.3 Å². The van der Waals surface area contributed by atoms with Crippen molar-refractivity contribution in [2.45, 2.75) is 20.0 Å². The number of hydrogen-bond acceptors (Lipinski definition) is 4. The average Bonchev–Trinajstić information content (AvgIpc) is 3.27. The first-order valence-corrected chi connectivity index (χ1v) is 11.9. The van der Waals surface area contributed by atoms with E-state index in [-0.39, 0.29) is 12.4 Å². The number of allylic oxidation sites excluding steroid dienone is 2. The molecule has 4 aromatic rings. The second-order valence-electron chi connectivity index (χ2n) is 7.89. The molecule has 3 aromatic carbocycles. The molecule has 0 spiro atoms. The predicted octanol–water partition coefficient (Wildman–Crippen LogP) is 7.78. The number of H-pyrrole nitrogens is 1. The van der Waals surface area contributed by atoms with Crippen LogP contribution >= 0.6 is 23.2 Å². The number of hydrogen-bond donors (Lipinski definition) is 1. The maximum Gasteiger partial charge on any atom is 0.165 e. The van der Waals surface area contributed by atoms with Gasteiger partial charge in [-0.15, -0.1) is 6.58 Å². The Balaban J connectivity index is 1.71. The Hall–Kier alpha value is -3.79. The lowest BCUT2D eigenvalue weighted by Crippen LogP contribution is -2.03. The Morgan fingerprint density at radius 2 is 1.97 bits per heavy atom. The lowest BCUT2D eigenvalue weighted by Gasteiger charge is -2.17. The molecule has 0 amide bonds. The fourth-order valence-electron chi connectivity index (χ4n) is 3.72. The van der Waals surface area contributed by atoms with Gasteiger partial charge < -0.3 is 14.5 Å². The molecule has 0 aliphatic rings. The summed E-state index contributed by atoms with van der Waals surface area (Å²) in [5.74, 6) is 1.08. The van der Waals surface area contributed by atoms with Crippen molar-refractivity contribution in [2.24, 2.45) is 0 Å². The molecule has 0 saturated heterocycles. The number of imidazole rings is 1. The van der Waals surface area contributed by atoms with Crippen molar-refractivity contribution in [3.05, 3.63) is 99.6 Å². The lowest BCUT2D eigenvalue weighted by molar-refractivity contribution is 0.267. The van der Waals surface area contributed by atoms with Crippen molar-refractivity contribution in [3.63, 3.8) is 0 Å². The van der Waals surface area contributed by atoms with Gasteiger partial charge in [0.25, 0.3) is 0 Å². The van der Waals surface area contributed by atoms with E-state index in [2.05, 4.69) is 22.6 Å². The SMILES string of the molecule is C=CCc1cc(/C=C(/C#N)c2nc3ccc(F)cc3[nH]2)cc(OCC)c1OCc1ccc(Cl)c(Cl)c1. The minimum atomic E-state index is -0.382. The first kappa shape index (κ1) is 25.3. The van der Waals surface area contributed by atoms with Crippen LogP contribution in [0.15, 0.2) is 61.2 Å². The molecule has 0 aliphatic carbocycles. The van der Waals surface area contributed by atoms with E-state index >= 15 is 0 Å². The summed E-state index contributed by atoms with van der Waals surface area (Å²) in [5.41, 5.74) is 3.80. The summed E-state index contributed by atoms with van der Waals surface area (Å²) in [6, 6.07) is 15.5. The van der Waals surface area contributed by atoms with Crippen LogP contribution in [0.25, 0.3) is 22.7 Å². The van der Waals surface area contributed by atoms with Crippen molar-refractivity contribution in [1.29, 1.82) is 5.26 Å². The average molecular weight is 522 g/mol. The van der Waals surface area contributed by atoms with Crippen molar-refractivity contribution >= 4 is 45.9 Å². The molecule has 0 radical (unpaired) electrons. The molecule has 0 saturated carbocycles. The summed E-state index contributed by atoms with van der Waals surface area (Å²) in [5, 5.41) is 10.8. The van der Waals surface area contributed by atoms with E-state index in [9.17, 15) is 9.65 Å². The highest BCUT2D eigenvalue weighted by Crippen LogP contribution is 2.36. The number of nitrogens with zero attached hydrogens (tertiary/aromatic N) is 2. The predicted molar refractivity (Wildman–Crippen MR) is 142 cm³/mol. The Bertz CT molecular complexity index is 1500. The molecule has 5 nitrogen and oxygen atoms in total. The zero-order valence-corrected chi connectivity index (χ0v) is 21.0. The zero-order valence-electron chi connectivity index (χ0n) is 19.4. The molecule has 8 heteroatoms. The third-order valence-corrected chi connectivity index (χ3v) is 6.05. The van der Waals surface area contributed by atoms with Crippen LogP contribution in [0, 0.1) is 17.1 Å². The van der Waals surface area contributed by atoms with Crippen molar-refractivity contribution < 1.29 is 13.9 Å². The molecule has 4 rings (SSSR count). The van der Waals surface area contributed by atoms with E-state index < -0.39 is 0 Å². The van der Waals surface area contributed by atoms with Crippen LogP contribution in [-0.2, 0) is 13.0 Å². The summed E-state index contributed by atoms with van der Waals surface area (Å²) in [6.07, 6.45) is 3.99. The number of nitrogens with one attached hydrogen (secondary N) is 1. The van der Waals surface area contributed by atoms with Gasteiger partial charge in [-0.05, 0) is 73.0 Å². The van der Waals surface area contributed by atoms with Gasteiger partial charge in [0, 0.05) is 5.56 Å². The minimum absolute atomic E-state index is 0.259.